The molecule has 0 saturated heterocycles. The van der Waals surface area contributed by atoms with Gasteiger partial charge in [-0.3, -0.25) is 9.59 Å². The fraction of sp³-hybridized carbons (Fsp3) is 0.200. The average molecular weight is 395 g/mol. The molecule has 0 heterocycles. The summed E-state index contributed by atoms with van der Waals surface area (Å²) in [5, 5.41) is 0.945. The molecule has 0 N–H and O–H groups in total. The van der Waals surface area contributed by atoms with Crippen molar-refractivity contribution < 1.29 is 19.1 Å². The molecule has 0 aliphatic heterocycles. The van der Waals surface area contributed by atoms with Gasteiger partial charge < -0.3 is 9.47 Å². The SMILES string of the molecule is COc1ccc(C(=[18O])/C(=C/c2ccc(Cl)cc2Cl)CCOC(C)=O)cc1. The van der Waals surface area contributed by atoms with Crippen molar-refractivity contribution >= 4 is 41.0 Å². The molecule has 0 aliphatic carbocycles. The van der Waals surface area contributed by atoms with E-state index >= 15 is 0 Å². The molecule has 26 heavy (non-hydrogen) atoms. The number of methoxy groups -OCH3 is 1. The summed E-state index contributed by atoms with van der Waals surface area (Å²) in [4.78, 5) is 23.9. The van der Waals surface area contributed by atoms with E-state index in [0.29, 0.717) is 32.5 Å². The van der Waals surface area contributed by atoms with Crippen LogP contribution in [0.5, 0.6) is 5.75 Å². The van der Waals surface area contributed by atoms with Crippen LogP contribution in [0, 0.1) is 0 Å². The zero-order valence-corrected chi connectivity index (χ0v) is 15.9. The third-order valence-electron chi connectivity index (χ3n) is 3.61. The highest BCUT2D eigenvalue weighted by molar-refractivity contribution is 6.35. The van der Waals surface area contributed by atoms with Gasteiger partial charge in [0, 0.05) is 34.5 Å². The molecule has 0 amide bonds. The van der Waals surface area contributed by atoms with Crippen molar-refractivity contribution in [3.8, 4) is 5.75 Å². The van der Waals surface area contributed by atoms with Crippen molar-refractivity contribution in [2.75, 3.05) is 13.7 Å². The van der Waals surface area contributed by atoms with Gasteiger partial charge in [0.2, 0.25) is 0 Å². The zero-order chi connectivity index (χ0) is 19.1. The molecule has 2 aromatic carbocycles. The molecule has 0 unspecified atom stereocenters. The highest BCUT2D eigenvalue weighted by Crippen LogP contribution is 2.25. The molecule has 0 aliphatic rings. The summed E-state index contributed by atoms with van der Waals surface area (Å²) >= 11 is 12.1. The summed E-state index contributed by atoms with van der Waals surface area (Å²) in [5.41, 5.74) is 1.64. The number of hydrogen-bond acceptors (Lipinski definition) is 4. The molecule has 0 spiro atoms. The smallest absolute Gasteiger partial charge is 0.302 e. The molecule has 2 aromatic rings. The van der Waals surface area contributed by atoms with Gasteiger partial charge in [0.25, 0.3) is 0 Å². The standard InChI is InChI=1S/C20H18Cl2O4/c1-13(23)26-10-9-16(11-15-3-6-17(21)12-19(15)22)20(24)14-4-7-18(25-2)8-5-14/h3-8,11-12H,9-10H2,1-2H3/b16-11+/i24+2. The number of carbonyl (C=O) groups is 2. The second-order valence-electron chi connectivity index (χ2n) is 5.48. The van der Waals surface area contributed by atoms with Gasteiger partial charge in [-0.1, -0.05) is 29.3 Å². The van der Waals surface area contributed by atoms with E-state index in [1.165, 1.54) is 6.92 Å². The van der Waals surface area contributed by atoms with Gasteiger partial charge in [0.15, 0.2) is 5.78 Å². The quantitative estimate of drug-likeness (QED) is 0.279. The molecule has 136 valence electrons. The molecule has 0 fully saturated rings. The molecule has 0 atom stereocenters. The molecule has 0 saturated carbocycles. The predicted molar refractivity (Wildman–Crippen MR) is 103 cm³/mol. The highest BCUT2D eigenvalue weighted by atomic mass is 35.5. The average Bonchev–Trinajstić information content (AvgIpc) is 2.62. The number of ketones is 1. The van der Waals surface area contributed by atoms with E-state index in [1.54, 1.807) is 55.7 Å². The lowest BCUT2D eigenvalue weighted by Crippen LogP contribution is -2.08. The number of Topliss-reactive ketones (excluding diaryl/α,β-unsaturated/α-hetero) is 1. The van der Waals surface area contributed by atoms with Crippen LogP contribution in [-0.2, 0) is 9.53 Å². The van der Waals surface area contributed by atoms with Crippen LogP contribution in [0.4, 0.5) is 0 Å². The number of benzene rings is 2. The minimum Gasteiger partial charge on any atom is -0.497 e. The first kappa shape index (κ1) is 20.0. The Labute approximate surface area is 162 Å². The van der Waals surface area contributed by atoms with E-state index < -0.39 is 5.97 Å². The molecule has 0 aromatic heterocycles. The molecular weight excluding hydrogens is 377 g/mol. The zero-order valence-electron chi connectivity index (χ0n) is 14.4. The first-order valence-corrected chi connectivity index (χ1v) is 8.64. The maximum atomic E-state index is 12.9. The number of rotatable bonds is 7. The Hall–Kier alpha value is -2.30. The van der Waals surface area contributed by atoms with Crippen LogP contribution in [-0.4, -0.2) is 25.5 Å². The Morgan fingerprint density at radius 3 is 2.42 bits per heavy atom. The van der Waals surface area contributed by atoms with Gasteiger partial charge in [-0.25, -0.2) is 0 Å². The van der Waals surface area contributed by atoms with Crippen molar-refractivity contribution in [2.24, 2.45) is 0 Å². The Balaban J connectivity index is 2.33. The summed E-state index contributed by atoms with van der Waals surface area (Å²) in [5.74, 6) is 0.0873. The van der Waals surface area contributed by atoms with E-state index in [4.69, 9.17) is 32.7 Å². The fourth-order valence-corrected chi connectivity index (χ4v) is 2.75. The Kier molecular flexibility index (Phi) is 7.25. The first-order chi connectivity index (χ1) is 12.4. The third kappa shape index (κ3) is 5.61. The third-order valence-corrected chi connectivity index (χ3v) is 4.18. The van der Waals surface area contributed by atoms with Crippen LogP contribution in [0.3, 0.4) is 0 Å². The van der Waals surface area contributed by atoms with Crippen LogP contribution in [0.1, 0.15) is 29.3 Å². The summed E-state index contributed by atoms with van der Waals surface area (Å²) < 4.78 is 10.1. The predicted octanol–water partition coefficient (Wildman–Crippen LogP) is 5.22. The van der Waals surface area contributed by atoms with E-state index in [1.807, 2.05) is 0 Å². The van der Waals surface area contributed by atoms with Crippen molar-refractivity contribution in [1.29, 1.82) is 0 Å². The van der Waals surface area contributed by atoms with Gasteiger partial charge in [-0.2, -0.15) is 0 Å². The molecule has 0 bridgehead atoms. The van der Waals surface area contributed by atoms with Crippen LogP contribution >= 0.6 is 23.2 Å². The fourth-order valence-electron chi connectivity index (χ4n) is 2.29. The molecular formula is C20H18Cl2O4. The van der Waals surface area contributed by atoms with Gasteiger partial charge in [-0.05, 0) is 48.0 Å². The maximum Gasteiger partial charge on any atom is 0.302 e. The summed E-state index contributed by atoms with van der Waals surface area (Å²) in [6, 6.07) is 11.8. The van der Waals surface area contributed by atoms with E-state index in [2.05, 4.69) is 0 Å². The monoisotopic (exact) mass is 394 g/mol. The molecule has 6 heteroatoms. The number of hydrogen-bond donors (Lipinski definition) is 0. The van der Waals surface area contributed by atoms with Crippen molar-refractivity contribution in [1.82, 2.24) is 0 Å². The van der Waals surface area contributed by atoms with Crippen molar-refractivity contribution in [3.05, 3.63) is 69.2 Å². The van der Waals surface area contributed by atoms with Gasteiger partial charge >= 0.3 is 5.97 Å². The number of ether oxygens (including phenoxy) is 2. The summed E-state index contributed by atoms with van der Waals surface area (Å²) in [6.07, 6.45) is 1.96. The van der Waals surface area contributed by atoms with Crippen LogP contribution in [0.25, 0.3) is 6.08 Å². The van der Waals surface area contributed by atoms with E-state index in [9.17, 15) is 9.59 Å². The topological polar surface area (TPSA) is 52.6 Å². The largest absolute Gasteiger partial charge is 0.497 e. The first-order valence-electron chi connectivity index (χ1n) is 7.88. The Morgan fingerprint density at radius 1 is 1.15 bits per heavy atom. The van der Waals surface area contributed by atoms with Crippen molar-refractivity contribution in [2.45, 2.75) is 13.3 Å². The lowest BCUT2D eigenvalue weighted by Gasteiger charge is -2.09. The van der Waals surface area contributed by atoms with Crippen LogP contribution < -0.4 is 4.74 Å². The van der Waals surface area contributed by atoms with Crippen LogP contribution in [0.2, 0.25) is 10.0 Å². The molecule has 2 rings (SSSR count). The highest BCUT2D eigenvalue weighted by Gasteiger charge is 2.14. The van der Waals surface area contributed by atoms with Crippen molar-refractivity contribution in [3.63, 3.8) is 0 Å². The lowest BCUT2D eigenvalue weighted by atomic mass is 9.99. The minimum absolute atomic E-state index is 0.105. The Bertz CT molecular complexity index is 826. The number of carbonyl (C=O) groups excluding carboxylic acids is 2. The van der Waals surface area contributed by atoms with Gasteiger partial charge in [0.1, 0.15) is 5.75 Å². The molecule has 0 radical (unpaired) electrons. The molecule has 4 nitrogen and oxygen atoms in total. The number of esters is 1. The van der Waals surface area contributed by atoms with Gasteiger partial charge in [0.05, 0.1) is 13.7 Å². The maximum absolute atomic E-state index is 12.9. The Morgan fingerprint density at radius 2 is 1.85 bits per heavy atom. The van der Waals surface area contributed by atoms with Crippen LogP contribution in [0.15, 0.2) is 48.0 Å². The second kappa shape index (κ2) is 9.41. The van der Waals surface area contributed by atoms with E-state index in [0.717, 1.165) is 0 Å². The normalized spacial score (nSPS) is 11.2. The summed E-state index contributed by atoms with van der Waals surface area (Å²) in [7, 11) is 1.56. The second-order valence-corrected chi connectivity index (χ2v) is 6.33. The van der Waals surface area contributed by atoms with E-state index in [-0.39, 0.29) is 18.8 Å². The minimum atomic E-state index is -0.397. The lowest BCUT2D eigenvalue weighted by molar-refractivity contribution is -0.140. The van der Waals surface area contributed by atoms with Gasteiger partial charge in [-0.15, -0.1) is 0 Å². The summed E-state index contributed by atoms with van der Waals surface area (Å²) in [6.45, 7) is 1.43. The number of halogens is 2.